The Hall–Kier alpha value is -1.53. The highest BCUT2D eigenvalue weighted by molar-refractivity contribution is 9.10. The minimum absolute atomic E-state index is 0.312. The van der Waals surface area contributed by atoms with Gasteiger partial charge in [-0.3, -0.25) is 4.98 Å². The summed E-state index contributed by atoms with van der Waals surface area (Å²) in [5.41, 5.74) is 2.95. The van der Waals surface area contributed by atoms with Crippen molar-refractivity contribution in [3.8, 4) is 11.4 Å². The first kappa shape index (κ1) is 14.4. The molecule has 3 rings (SSSR count). The van der Waals surface area contributed by atoms with E-state index < -0.39 is 0 Å². The number of hydrogen-bond donors (Lipinski definition) is 1. The number of nitrogens with one attached hydrogen (secondary N) is 1. The average molecular weight is 363 g/mol. The number of thiophene rings is 1. The van der Waals surface area contributed by atoms with Gasteiger partial charge in [-0.1, -0.05) is 13.8 Å². The highest BCUT2D eigenvalue weighted by atomic mass is 79.9. The zero-order chi connectivity index (χ0) is 15.0. The standard InChI is InChI=1S/C15H15BrN4S/c1-8(2)13-12(16)15(17-3)20-14(19-13)9-6-11-10(18-7-9)4-5-21-11/h4-8H,1-3H3,(H,17,19,20). The third kappa shape index (κ3) is 2.65. The minimum Gasteiger partial charge on any atom is -0.372 e. The lowest BCUT2D eigenvalue weighted by Crippen LogP contribution is -2.04. The molecule has 0 bridgehead atoms. The Morgan fingerprint density at radius 3 is 2.81 bits per heavy atom. The van der Waals surface area contributed by atoms with Gasteiger partial charge in [0.2, 0.25) is 0 Å². The second-order valence-electron chi connectivity index (χ2n) is 5.03. The summed E-state index contributed by atoms with van der Waals surface area (Å²) in [6.45, 7) is 4.24. The van der Waals surface area contributed by atoms with Crippen LogP contribution < -0.4 is 5.32 Å². The lowest BCUT2D eigenvalue weighted by molar-refractivity contribution is 0.810. The molecular formula is C15H15BrN4S. The molecule has 6 heteroatoms. The Kier molecular flexibility index (Phi) is 3.91. The molecule has 0 unspecified atom stereocenters. The Bertz CT molecular complexity index is 797. The molecule has 1 N–H and O–H groups in total. The van der Waals surface area contributed by atoms with Crippen LogP contribution in [0.2, 0.25) is 0 Å². The van der Waals surface area contributed by atoms with Gasteiger partial charge in [0.25, 0.3) is 0 Å². The molecule has 21 heavy (non-hydrogen) atoms. The number of fused-ring (bicyclic) bond motifs is 1. The van der Waals surface area contributed by atoms with Gasteiger partial charge >= 0.3 is 0 Å². The third-order valence-corrected chi connectivity index (χ3v) is 4.86. The van der Waals surface area contributed by atoms with Gasteiger partial charge < -0.3 is 5.32 Å². The first-order chi connectivity index (χ1) is 10.1. The molecule has 0 saturated heterocycles. The lowest BCUT2D eigenvalue weighted by atomic mass is 10.1. The van der Waals surface area contributed by atoms with Crippen LogP contribution >= 0.6 is 27.3 Å². The van der Waals surface area contributed by atoms with Crippen LogP contribution in [0.4, 0.5) is 5.82 Å². The van der Waals surface area contributed by atoms with Crippen LogP contribution in [0.25, 0.3) is 21.6 Å². The van der Waals surface area contributed by atoms with Crippen molar-refractivity contribution in [1.82, 2.24) is 15.0 Å². The zero-order valence-electron chi connectivity index (χ0n) is 12.0. The fourth-order valence-corrected chi connectivity index (χ4v) is 3.72. The molecule has 0 aliphatic rings. The summed E-state index contributed by atoms with van der Waals surface area (Å²) in [5.74, 6) is 1.82. The van der Waals surface area contributed by atoms with Crippen molar-refractivity contribution in [2.45, 2.75) is 19.8 Å². The fraction of sp³-hybridized carbons (Fsp3) is 0.267. The molecule has 0 radical (unpaired) electrons. The molecule has 0 atom stereocenters. The number of halogens is 1. The summed E-state index contributed by atoms with van der Waals surface area (Å²) < 4.78 is 2.07. The Morgan fingerprint density at radius 2 is 2.10 bits per heavy atom. The summed E-state index contributed by atoms with van der Waals surface area (Å²) in [5, 5.41) is 5.16. The van der Waals surface area contributed by atoms with E-state index in [0.717, 1.165) is 31.8 Å². The Labute approximate surface area is 135 Å². The largest absolute Gasteiger partial charge is 0.372 e. The molecule has 108 valence electrons. The predicted molar refractivity (Wildman–Crippen MR) is 92.0 cm³/mol. The van der Waals surface area contributed by atoms with Crippen molar-refractivity contribution < 1.29 is 0 Å². The Morgan fingerprint density at radius 1 is 1.29 bits per heavy atom. The van der Waals surface area contributed by atoms with Crippen LogP contribution in [0.15, 0.2) is 28.2 Å². The van der Waals surface area contributed by atoms with Gasteiger partial charge in [0.15, 0.2) is 5.82 Å². The van der Waals surface area contributed by atoms with Gasteiger partial charge in [0, 0.05) is 18.8 Å². The van der Waals surface area contributed by atoms with Crippen LogP contribution in [0, 0.1) is 0 Å². The van der Waals surface area contributed by atoms with E-state index in [1.54, 1.807) is 11.3 Å². The third-order valence-electron chi connectivity index (χ3n) is 3.22. The first-order valence-electron chi connectivity index (χ1n) is 6.69. The van der Waals surface area contributed by atoms with Crippen molar-refractivity contribution >= 4 is 43.3 Å². The van der Waals surface area contributed by atoms with E-state index >= 15 is 0 Å². The fourth-order valence-electron chi connectivity index (χ4n) is 2.11. The zero-order valence-corrected chi connectivity index (χ0v) is 14.4. The van der Waals surface area contributed by atoms with E-state index in [1.807, 2.05) is 24.7 Å². The number of anilines is 1. The van der Waals surface area contributed by atoms with Crippen molar-refractivity contribution in [1.29, 1.82) is 0 Å². The highest BCUT2D eigenvalue weighted by Crippen LogP contribution is 2.32. The first-order valence-corrected chi connectivity index (χ1v) is 8.36. The Balaban J connectivity index is 2.18. The number of rotatable bonds is 3. The number of aromatic nitrogens is 3. The maximum Gasteiger partial charge on any atom is 0.163 e. The number of nitrogens with zero attached hydrogens (tertiary/aromatic N) is 3. The second kappa shape index (κ2) is 5.69. The summed E-state index contributed by atoms with van der Waals surface area (Å²) in [4.78, 5) is 13.8. The highest BCUT2D eigenvalue weighted by Gasteiger charge is 2.15. The molecule has 0 fully saturated rings. The van der Waals surface area contributed by atoms with Crippen LogP contribution in [-0.2, 0) is 0 Å². The van der Waals surface area contributed by atoms with Crippen LogP contribution in [-0.4, -0.2) is 22.0 Å². The van der Waals surface area contributed by atoms with Gasteiger partial charge in [-0.15, -0.1) is 11.3 Å². The normalized spacial score (nSPS) is 11.3. The van der Waals surface area contributed by atoms with E-state index in [4.69, 9.17) is 4.98 Å². The van der Waals surface area contributed by atoms with E-state index in [-0.39, 0.29) is 0 Å². The molecular weight excluding hydrogens is 348 g/mol. The van der Waals surface area contributed by atoms with Gasteiger partial charge in [0.05, 0.1) is 20.4 Å². The number of hydrogen-bond acceptors (Lipinski definition) is 5. The molecule has 0 amide bonds. The van der Waals surface area contributed by atoms with Crippen molar-refractivity contribution in [2.24, 2.45) is 0 Å². The van der Waals surface area contributed by atoms with Gasteiger partial charge in [-0.05, 0) is 39.4 Å². The summed E-state index contributed by atoms with van der Waals surface area (Å²) in [6, 6.07) is 4.12. The monoisotopic (exact) mass is 362 g/mol. The predicted octanol–water partition coefficient (Wildman–Crippen LogP) is 4.68. The lowest BCUT2D eigenvalue weighted by Gasteiger charge is -2.13. The molecule has 0 spiro atoms. The number of pyridine rings is 1. The summed E-state index contributed by atoms with van der Waals surface area (Å²) in [7, 11) is 1.86. The quantitative estimate of drug-likeness (QED) is 0.734. The van der Waals surface area contributed by atoms with E-state index in [0.29, 0.717) is 11.7 Å². The second-order valence-corrected chi connectivity index (χ2v) is 6.77. The summed E-state index contributed by atoms with van der Waals surface area (Å²) in [6.07, 6.45) is 1.84. The van der Waals surface area contributed by atoms with E-state index in [2.05, 4.69) is 51.1 Å². The van der Waals surface area contributed by atoms with Crippen LogP contribution in [0.3, 0.4) is 0 Å². The van der Waals surface area contributed by atoms with Crippen LogP contribution in [0.1, 0.15) is 25.5 Å². The SMILES string of the molecule is CNc1nc(-c2cnc3ccsc3c2)nc(C(C)C)c1Br. The molecule has 0 aliphatic carbocycles. The molecule has 0 aliphatic heterocycles. The maximum atomic E-state index is 4.71. The maximum absolute atomic E-state index is 4.71. The van der Waals surface area contributed by atoms with E-state index in [9.17, 15) is 0 Å². The molecule has 3 aromatic rings. The summed E-state index contributed by atoms with van der Waals surface area (Å²) >= 11 is 5.26. The minimum atomic E-state index is 0.312. The molecule has 0 aromatic carbocycles. The van der Waals surface area contributed by atoms with E-state index in [1.165, 1.54) is 0 Å². The van der Waals surface area contributed by atoms with Gasteiger partial charge in [-0.25, -0.2) is 9.97 Å². The molecule has 0 saturated carbocycles. The topological polar surface area (TPSA) is 50.7 Å². The van der Waals surface area contributed by atoms with Gasteiger partial charge in [-0.2, -0.15) is 0 Å². The molecule has 4 nitrogen and oxygen atoms in total. The molecule has 3 heterocycles. The van der Waals surface area contributed by atoms with Crippen molar-refractivity contribution in [2.75, 3.05) is 12.4 Å². The van der Waals surface area contributed by atoms with Gasteiger partial charge in [0.1, 0.15) is 5.82 Å². The van der Waals surface area contributed by atoms with Crippen molar-refractivity contribution in [3.05, 3.63) is 33.9 Å². The van der Waals surface area contributed by atoms with Crippen LogP contribution in [0.5, 0.6) is 0 Å². The average Bonchev–Trinajstić information content (AvgIpc) is 2.94. The van der Waals surface area contributed by atoms with Crippen molar-refractivity contribution in [3.63, 3.8) is 0 Å². The smallest absolute Gasteiger partial charge is 0.163 e. The molecule has 3 aromatic heterocycles.